The Labute approximate surface area is 234 Å². The lowest BCUT2D eigenvalue weighted by Gasteiger charge is -2.17. The van der Waals surface area contributed by atoms with Gasteiger partial charge in [-0.3, -0.25) is 9.89 Å². The van der Waals surface area contributed by atoms with E-state index in [4.69, 9.17) is 10.1 Å². The summed E-state index contributed by atoms with van der Waals surface area (Å²) < 4.78 is 1.35. The highest BCUT2D eigenvalue weighted by molar-refractivity contribution is 5.87. The average molecular weight is 540 g/mol. The van der Waals surface area contributed by atoms with E-state index in [1.54, 1.807) is 12.1 Å². The van der Waals surface area contributed by atoms with Gasteiger partial charge in [-0.15, -0.1) is 0 Å². The van der Waals surface area contributed by atoms with Gasteiger partial charge in [-0.25, -0.2) is 14.3 Å². The second-order valence-corrected chi connectivity index (χ2v) is 10.7. The standard InChI is InChI=1S/C32H37N5O3/c1-22(2)28-29(35-30-27(20-33)21-34-37(30)31(28)38)25-13-9-24(10-14-25)17-19-36(3)18-7-5-4-6-8-23-11-15-26(16-12-23)32(39)40/h9-16,21-22,34H,4-8,17-19H2,1-3H3,(H,39,40). The molecule has 0 spiro atoms. The van der Waals surface area contributed by atoms with Crippen molar-refractivity contribution in [1.29, 1.82) is 5.26 Å². The van der Waals surface area contributed by atoms with Crippen LogP contribution in [0.3, 0.4) is 0 Å². The number of nitrogens with zero attached hydrogens (tertiary/aromatic N) is 4. The number of rotatable bonds is 13. The van der Waals surface area contributed by atoms with Crippen molar-refractivity contribution in [2.75, 3.05) is 20.1 Å². The van der Waals surface area contributed by atoms with E-state index in [1.807, 2.05) is 38.1 Å². The van der Waals surface area contributed by atoms with Gasteiger partial charge in [-0.05, 0) is 68.5 Å². The fourth-order valence-electron chi connectivity index (χ4n) is 4.99. The summed E-state index contributed by atoms with van der Waals surface area (Å²) in [4.78, 5) is 31.2. The van der Waals surface area contributed by atoms with Crippen molar-refractivity contribution in [3.63, 3.8) is 0 Å². The molecule has 2 aromatic heterocycles. The van der Waals surface area contributed by atoms with E-state index in [2.05, 4.69) is 35.2 Å². The zero-order chi connectivity index (χ0) is 28.6. The maximum Gasteiger partial charge on any atom is 0.335 e. The third-order valence-corrected chi connectivity index (χ3v) is 7.36. The van der Waals surface area contributed by atoms with E-state index in [0.717, 1.165) is 50.8 Å². The lowest BCUT2D eigenvalue weighted by atomic mass is 9.97. The van der Waals surface area contributed by atoms with Crippen LogP contribution in [-0.4, -0.2) is 50.7 Å². The number of aromatic nitrogens is 3. The van der Waals surface area contributed by atoms with Crippen molar-refractivity contribution in [1.82, 2.24) is 19.5 Å². The molecule has 0 amide bonds. The molecule has 0 aliphatic heterocycles. The number of carboxylic acid groups (broad SMARTS) is 1. The highest BCUT2D eigenvalue weighted by Gasteiger charge is 2.19. The van der Waals surface area contributed by atoms with Gasteiger partial charge in [-0.1, -0.05) is 63.1 Å². The summed E-state index contributed by atoms with van der Waals surface area (Å²) in [5.74, 6) is -0.899. The number of aromatic carboxylic acids is 1. The highest BCUT2D eigenvalue weighted by Crippen LogP contribution is 2.26. The summed E-state index contributed by atoms with van der Waals surface area (Å²) in [7, 11) is 2.16. The third-order valence-electron chi connectivity index (χ3n) is 7.36. The number of carbonyl (C=O) groups is 1. The van der Waals surface area contributed by atoms with E-state index in [9.17, 15) is 14.9 Å². The van der Waals surface area contributed by atoms with Crippen molar-refractivity contribution in [2.24, 2.45) is 0 Å². The molecule has 2 N–H and O–H groups in total. The number of nitriles is 1. The summed E-state index contributed by atoms with van der Waals surface area (Å²) in [6.45, 7) is 5.98. The van der Waals surface area contributed by atoms with Crippen LogP contribution in [0.4, 0.5) is 0 Å². The molecule has 40 heavy (non-hydrogen) atoms. The number of unbranched alkanes of at least 4 members (excludes halogenated alkanes) is 3. The molecule has 4 rings (SSSR count). The van der Waals surface area contributed by atoms with Crippen LogP contribution >= 0.6 is 0 Å². The van der Waals surface area contributed by atoms with Gasteiger partial charge in [0.2, 0.25) is 0 Å². The van der Waals surface area contributed by atoms with Gasteiger partial charge in [0, 0.05) is 23.9 Å². The van der Waals surface area contributed by atoms with E-state index < -0.39 is 5.97 Å². The lowest BCUT2D eigenvalue weighted by Crippen LogP contribution is -2.23. The van der Waals surface area contributed by atoms with Crippen LogP contribution in [0.25, 0.3) is 16.9 Å². The molecule has 0 bridgehead atoms. The number of aromatic amines is 1. The maximum absolute atomic E-state index is 13.1. The molecule has 8 nitrogen and oxygen atoms in total. The number of benzene rings is 2. The molecular formula is C32H37N5O3. The quantitative estimate of drug-likeness (QED) is 0.212. The van der Waals surface area contributed by atoms with Crippen LogP contribution in [0.1, 0.15) is 78.1 Å². The Balaban J connectivity index is 1.25. The summed E-state index contributed by atoms with van der Waals surface area (Å²) in [6.07, 6.45) is 8.03. The topological polar surface area (TPSA) is 114 Å². The fourth-order valence-corrected chi connectivity index (χ4v) is 4.99. The summed E-state index contributed by atoms with van der Waals surface area (Å²) in [6, 6.07) is 17.5. The van der Waals surface area contributed by atoms with Crippen LogP contribution in [-0.2, 0) is 12.8 Å². The second-order valence-electron chi connectivity index (χ2n) is 10.7. The van der Waals surface area contributed by atoms with E-state index in [1.165, 1.54) is 28.3 Å². The fraction of sp³-hybridized carbons (Fsp3) is 0.375. The van der Waals surface area contributed by atoms with Crippen LogP contribution in [0.15, 0.2) is 59.5 Å². The van der Waals surface area contributed by atoms with Crippen molar-refractivity contribution in [2.45, 2.75) is 58.3 Å². The predicted molar refractivity (Wildman–Crippen MR) is 157 cm³/mol. The average Bonchev–Trinajstić information content (AvgIpc) is 3.37. The van der Waals surface area contributed by atoms with Crippen molar-refractivity contribution in [3.8, 4) is 17.3 Å². The molecule has 2 heterocycles. The molecule has 0 unspecified atom stereocenters. The van der Waals surface area contributed by atoms with Gasteiger partial charge in [0.15, 0.2) is 5.65 Å². The van der Waals surface area contributed by atoms with Gasteiger partial charge < -0.3 is 10.0 Å². The number of carboxylic acids is 1. The Kier molecular flexibility index (Phi) is 9.52. The van der Waals surface area contributed by atoms with Crippen LogP contribution < -0.4 is 5.56 Å². The Morgan fingerprint density at radius 3 is 2.30 bits per heavy atom. The van der Waals surface area contributed by atoms with Crippen molar-refractivity contribution in [3.05, 3.63) is 92.9 Å². The molecule has 0 atom stereocenters. The van der Waals surface area contributed by atoms with Crippen molar-refractivity contribution < 1.29 is 9.90 Å². The molecule has 0 saturated heterocycles. The Morgan fingerprint density at radius 2 is 1.65 bits per heavy atom. The molecular weight excluding hydrogens is 502 g/mol. The van der Waals surface area contributed by atoms with Crippen LogP contribution in [0.2, 0.25) is 0 Å². The maximum atomic E-state index is 13.1. The Hall–Kier alpha value is -4.22. The largest absolute Gasteiger partial charge is 0.478 e. The van der Waals surface area contributed by atoms with Gasteiger partial charge >= 0.3 is 5.97 Å². The van der Waals surface area contributed by atoms with E-state index >= 15 is 0 Å². The Bertz CT molecular complexity index is 1540. The van der Waals surface area contributed by atoms with Gasteiger partial charge in [0.05, 0.1) is 11.3 Å². The molecule has 2 aromatic carbocycles. The molecule has 0 aliphatic rings. The number of H-pyrrole nitrogens is 1. The smallest absolute Gasteiger partial charge is 0.335 e. The summed E-state index contributed by atoms with van der Waals surface area (Å²) in [5.41, 5.74) is 5.43. The van der Waals surface area contributed by atoms with Gasteiger partial charge in [0.25, 0.3) is 5.56 Å². The third kappa shape index (κ3) is 6.85. The first-order valence-corrected chi connectivity index (χ1v) is 13.9. The number of aryl methyl sites for hydroxylation is 1. The SMILES string of the molecule is CC(C)c1c(-c2ccc(CCN(C)CCCCCCc3ccc(C(=O)O)cc3)cc2)nc2c(C#N)c[nH]n2c1=O. The molecule has 208 valence electrons. The minimum Gasteiger partial charge on any atom is -0.478 e. The van der Waals surface area contributed by atoms with Crippen LogP contribution in [0.5, 0.6) is 0 Å². The number of fused-ring (bicyclic) bond motifs is 1. The number of hydrogen-bond donors (Lipinski definition) is 2. The van der Waals surface area contributed by atoms with Crippen molar-refractivity contribution >= 4 is 11.6 Å². The zero-order valence-corrected chi connectivity index (χ0v) is 23.5. The van der Waals surface area contributed by atoms with Gasteiger partial charge in [0.1, 0.15) is 11.6 Å². The minimum absolute atomic E-state index is 0.0144. The predicted octanol–water partition coefficient (Wildman–Crippen LogP) is 5.66. The first kappa shape index (κ1) is 28.8. The normalized spacial score (nSPS) is 11.4. The minimum atomic E-state index is -0.884. The molecule has 4 aromatic rings. The summed E-state index contributed by atoms with van der Waals surface area (Å²) in [5, 5.41) is 21.3. The first-order chi connectivity index (χ1) is 19.3. The molecule has 8 heteroatoms. The van der Waals surface area contributed by atoms with Crippen LogP contribution in [0, 0.1) is 11.3 Å². The Morgan fingerprint density at radius 1 is 1.00 bits per heavy atom. The molecule has 0 radical (unpaired) electrons. The second kappa shape index (κ2) is 13.2. The molecule has 0 saturated carbocycles. The highest BCUT2D eigenvalue weighted by atomic mass is 16.4. The molecule has 0 fully saturated rings. The van der Waals surface area contributed by atoms with E-state index in [0.29, 0.717) is 28.0 Å². The monoisotopic (exact) mass is 539 g/mol. The number of nitrogens with one attached hydrogen (secondary N) is 1. The summed E-state index contributed by atoms with van der Waals surface area (Å²) >= 11 is 0. The van der Waals surface area contributed by atoms with Gasteiger partial charge in [-0.2, -0.15) is 5.26 Å². The first-order valence-electron chi connectivity index (χ1n) is 13.9. The number of likely N-dealkylation sites (N-methyl/N-ethyl adjacent to an activating group) is 1. The lowest BCUT2D eigenvalue weighted by molar-refractivity contribution is 0.0697. The zero-order valence-electron chi connectivity index (χ0n) is 23.5. The van der Waals surface area contributed by atoms with E-state index in [-0.39, 0.29) is 11.5 Å². The molecule has 0 aliphatic carbocycles. The number of hydrogen-bond acceptors (Lipinski definition) is 5.